The van der Waals surface area contributed by atoms with Crippen molar-refractivity contribution in [2.75, 3.05) is 46.0 Å². The van der Waals surface area contributed by atoms with Crippen molar-refractivity contribution in [2.45, 2.75) is 45.1 Å². The summed E-state index contributed by atoms with van der Waals surface area (Å²) in [5.41, 5.74) is 0. The minimum absolute atomic E-state index is 0. The average Bonchev–Trinajstić information content (AvgIpc) is 3.31. The number of hydrogen-bond donors (Lipinski definition) is 3. The molecule has 1 atom stereocenters. The normalized spacial score (nSPS) is 20.0. The van der Waals surface area contributed by atoms with Crippen LogP contribution in [0, 0.1) is 5.92 Å². The van der Waals surface area contributed by atoms with Crippen LogP contribution in [0.3, 0.4) is 0 Å². The molecule has 25 heavy (non-hydrogen) atoms. The van der Waals surface area contributed by atoms with Gasteiger partial charge >= 0.3 is 0 Å². The molecule has 1 aliphatic carbocycles. The number of halogens is 1. The first-order valence-electron chi connectivity index (χ1n) is 9.29. The smallest absolute Gasteiger partial charge is 0.223 e. The third-order valence-electron chi connectivity index (χ3n) is 4.05. The Kier molecular flexibility index (Phi) is 12.2. The Morgan fingerprint density at radius 2 is 2.00 bits per heavy atom. The number of hydrogen-bond acceptors (Lipinski definition) is 4. The van der Waals surface area contributed by atoms with Crippen LogP contribution in [0.1, 0.15) is 39.0 Å². The van der Waals surface area contributed by atoms with Gasteiger partial charge in [-0.05, 0) is 39.0 Å². The van der Waals surface area contributed by atoms with Gasteiger partial charge in [-0.1, -0.05) is 0 Å². The van der Waals surface area contributed by atoms with Crippen molar-refractivity contribution in [3.05, 3.63) is 0 Å². The predicted octanol–water partition coefficient (Wildman–Crippen LogP) is 1.27. The van der Waals surface area contributed by atoms with Gasteiger partial charge in [0.15, 0.2) is 5.96 Å². The van der Waals surface area contributed by atoms with Gasteiger partial charge in [-0.25, -0.2) is 0 Å². The van der Waals surface area contributed by atoms with Gasteiger partial charge in [-0.2, -0.15) is 0 Å². The first kappa shape index (κ1) is 22.4. The van der Waals surface area contributed by atoms with Crippen LogP contribution in [-0.2, 0) is 14.3 Å². The molecule has 0 aromatic carbocycles. The van der Waals surface area contributed by atoms with Crippen LogP contribution in [0.4, 0.5) is 0 Å². The largest absolute Gasteiger partial charge is 0.379 e. The summed E-state index contributed by atoms with van der Waals surface area (Å²) < 4.78 is 11.1. The van der Waals surface area contributed by atoms with Crippen LogP contribution in [-0.4, -0.2) is 64.0 Å². The second-order valence-corrected chi connectivity index (χ2v) is 6.32. The minimum Gasteiger partial charge on any atom is -0.379 e. The van der Waals surface area contributed by atoms with Crippen LogP contribution >= 0.6 is 24.0 Å². The molecule has 7 nitrogen and oxygen atoms in total. The number of nitrogens with zero attached hydrogens (tertiary/aromatic N) is 1. The Hall–Kier alpha value is -0.610. The van der Waals surface area contributed by atoms with E-state index in [-0.39, 0.29) is 35.8 Å². The van der Waals surface area contributed by atoms with Crippen LogP contribution in [0.25, 0.3) is 0 Å². The van der Waals surface area contributed by atoms with Crippen molar-refractivity contribution < 1.29 is 14.3 Å². The van der Waals surface area contributed by atoms with E-state index in [4.69, 9.17) is 9.47 Å². The van der Waals surface area contributed by atoms with Crippen LogP contribution < -0.4 is 16.0 Å². The van der Waals surface area contributed by atoms with E-state index in [2.05, 4.69) is 20.9 Å². The van der Waals surface area contributed by atoms with Gasteiger partial charge in [-0.3, -0.25) is 9.79 Å². The van der Waals surface area contributed by atoms with Gasteiger partial charge in [0.05, 0.1) is 12.7 Å². The van der Waals surface area contributed by atoms with Gasteiger partial charge in [0, 0.05) is 45.3 Å². The molecular formula is C17H33IN4O3. The maximum absolute atomic E-state index is 11.5. The lowest BCUT2D eigenvalue weighted by Gasteiger charge is -2.12. The van der Waals surface area contributed by atoms with E-state index >= 15 is 0 Å². The molecule has 2 aliphatic rings. The molecule has 0 spiro atoms. The van der Waals surface area contributed by atoms with E-state index in [0.717, 1.165) is 57.8 Å². The van der Waals surface area contributed by atoms with Gasteiger partial charge in [-0.15, -0.1) is 24.0 Å². The van der Waals surface area contributed by atoms with Gasteiger partial charge in [0.25, 0.3) is 0 Å². The predicted molar refractivity (Wildman–Crippen MR) is 110 cm³/mol. The summed E-state index contributed by atoms with van der Waals surface area (Å²) in [7, 11) is 0. The summed E-state index contributed by atoms with van der Waals surface area (Å²) >= 11 is 0. The Morgan fingerprint density at radius 1 is 1.20 bits per heavy atom. The summed E-state index contributed by atoms with van der Waals surface area (Å²) in [5, 5.41) is 9.38. The van der Waals surface area contributed by atoms with E-state index in [0.29, 0.717) is 32.4 Å². The monoisotopic (exact) mass is 468 g/mol. The van der Waals surface area contributed by atoms with Crippen molar-refractivity contribution in [1.29, 1.82) is 0 Å². The number of carbonyl (C=O) groups excluding carboxylic acids is 1. The molecule has 1 amide bonds. The fraction of sp³-hybridized carbons (Fsp3) is 0.882. The molecule has 0 bridgehead atoms. The van der Waals surface area contributed by atoms with Crippen LogP contribution in [0.15, 0.2) is 4.99 Å². The Bertz CT molecular complexity index is 399. The molecule has 2 rings (SSSR count). The van der Waals surface area contributed by atoms with Gasteiger partial charge in [0.2, 0.25) is 5.91 Å². The van der Waals surface area contributed by atoms with Crippen LogP contribution in [0.5, 0.6) is 0 Å². The molecule has 0 aromatic heterocycles. The summed E-state index contributed by atoms with van der Waals surface area (Å²) in [6.07, 6.45) is 5.53. The second kappa shape index (κ2) is 13.6. The summed E-state index contributed by atoms with van der Waals surface area (Å²) in [5.74, 6) is 1.24. The molecule has 1 heterocycles. The topological polar surface area (TPSA) is 84.0 Å². The zero-order chi connectivity index (χ0) is 17.0. The van der Waals surface area contributed by atoms with Crippen molar-refractivity contribution in [2.24, 2.45) is 10.9 Å². The molecule has 1 saturated carbocycles. The summed E-state index contributed by atoms with van der Waals surface area (Å²) in [6.45, 7) is 7.16. The Balaban J connectivity index is 0.00000312. The lowest BCUT2D eigenvalue weighted by Crippen LogP contribution is -2.41. The van der Waals surface area contributed by atoms with Crippen molar-refractivity contribution in [3.8, 4) is 0 Å². The zero-order valence-electron chi connectivity index (χ0n) is 15.2. The molecule has 2 fully saturated rings. The number of ether oxygens (including phenoxy) is 2. The standard InChI is InChI=1S/C17H32N4O3.HI/c1-2-18-17(21-10-9-19-16(22)14-6-7-14)20-8-4-11-23-13-15-5-3-12-24-15;/h14-15H,2-13H2,1H3,(H,19,22)(H2,18,20,21);1H. The molecule has 0 radical (unpaired) electrons. The average molecular weight is 468 g/mol. The van der Waals surface area contributed by atoms with Gasteiger partial charge in [0.1, 0.15) is 0 Å². The fourth-order valence-electron chi connectivity index (χ4n) is 2.55. The third kappa shape index (κ3) is 10.2. The summed E-state index contributed by atoms with van der Waals surface area (Å²) in [4.78, 5) is 16.1. The van der Waals surface area contributed by atoms with Crippen molar-refractivity contribution in [1.82, 2.24) is 16.0 Å². The second-order valence-electron chi connectivity index (χ2n) is 6.32. The highest BCUT2D eigenvalue weighted by Gasteiger charge is 2.28. The fourth-order valence-corrected chi connectivity index (χ4v) is 2.55. The SMILES string of the molecule is CCNC(=NCCCOCC1CCCO1)NCCNC(=O)C1CC1.I. The molecule has 3 N–H and O–H groups in total. The van der Waals surface area contributed by atoms with Crippen molar-refractivity contribution >= 4 is 35.8 Å². The van der Waals surface area contributed by atoms with E-state index in [1.165, 1.54) is 0 Å². The third-order valence-corrected chi connectivity index (χ3v) is 4.05. The van der Waals surface area contributed by atoms with Crippen LogP contribution in [0.2, 0.25) is 0 Å². The number of nitrogens with one attached hydrogen (secondary N) is 3. The zero-order valence-corrected chi connectivity index (χ0v) is 17.6. The summed E-state index contributed by atoms with van der Waals surface area (Å²) in [6, 6.07) is 0. The molecular weight excluding hydrogens is 435 g/mol. The van der Waals surface area contributed by atoms with E-state index in [9.17, 15) is 4.79 Å². The number of guanidine groups is 1. The molecule has 1 unspecified atom stereocenters. The number of aliphatic imine (C=N–C) groups is 1. The number of rotatable bonds is 11. The highest BCUT2D eigenvalue weighted by Crippen LogP contribution is 2.28. The van der Waals surface area contributed by atoms with E-state index < -0.39 is 0 Å². The Morgan fingerprint density at radius 3 is 2.68 bits per heavy atom. The van der Waals surface area contributed by atoms with E-state index in [1.807, 2.05) is 6.92 Å². The molecule has 0 aromatic rings. The maximum Gasteiger partial charge on any atom is 0.223 e. The Labute approximate surface area is 168 Å². The molecule has 1 saturated heterocycles. The van der Waals surface area contributed by atoms with Crippen molar-refractivity contribution in [3.63, 3.8) is 0 Å². The molecule has 146 valence electrons. The molecule has 1 aliphatic heterocycles. The minimum atomic E-state index is 0. The number of carbonyl (C=O) groups is 1. The first-order valence-corrected chi connectivity index (χ1v) is 9.29. The molecule has 8 heteroatoms. The lowest BCUT2D eigenvalue weighted by molar-refractivity contribution is -0.122. The quantitative estimate of drug-likeness (QED) is 0.184. The van der Waals surface area contributed by atoms with Gasteiger partial charge < -0.3 is 25.4 Å². The highest BCUT2D eigenvalue weighted by molar-refractivity contribution is 14.0. The lowest BCUT2D eigenvalue weighted by atomic mass is 10.2. The number of amides is 1. The van der Waals surface area contributed by atoms with E-state index in [1.54, 1.807) is 0 Å². The highest BCUT2D eigenvalue weighted by atomic mass is 127. The maximum atomic E-state index is 11.5. The first-order chi connectivity index (χ1) is 11.8.